The quantitative estimate of drug-likeness (QED) is 0.635. The van der Waals surface area contributed by atoms with Crippen LogP contribution in [0.15, 0.2) is 72.8 Å². The number of methoxy groups -OCH3 is 1. The van der Waals surface area contributed by atoms with Gasteiger partial charge in [0.1, 0.15) is 6.10 Å². The molecule has 0 N–H and O–H groups in total. The number of carbonyl (C=O) groups excluding carboxylic acids is 1. The maximum absolute atomic E-state index is 13.5. The molecule has 4 rings (SSSR count). The molecule has 3 aromatic rings. The van der Waals surface area contributed by atoms with Gasteiger partial charge in [0.05, 0.1) is 25.0 Å². The first-order chi connectivity index (χ1) is 14.7. The summed E-state index contributed by atoms with van der Waals surface area (Å²) in [5.74, 6) is 0.863. The van der Waals surface area contributed by atoms with Crippen molar-refractivity contribution in [2.45, 2.75) is 18.9 Å². The Hall–Kier alpha value is -3.61. The fourth-order valence-electron chi connectivity index (χ4n) is 3.52. The number of urea groups is 1. The number of piperidine rings is 1. The molecular weight excluding hydrogens is 380 g/mol. The van der Waals surface area contributed by atoms with Crippen LogP contribution in [0.4, 0.5) is 16.2 Å². The predicted molar refractivity (Wildman–Crippen MR) is 114 cm³/mol. The van der Waals surface area contributed by atoms with Gasteiger partial charge in [-0.2, -0.15) is 0 Å². The standard InChI is InChI=1S/C23H24N4O3/c1-29-21-14-15-22(25-24-21)30-20-13-8-16-26(17-20)23(28)27(18-9-4-2-5-10-18)19-11-6-3-7-12-19/h2-7,9-12,14-15,20H,8,13,16-17H2,1H3. The molecule has 2 heterocycles. The van der Waals surface area contributed by atoms with Crippen LogP contribution in [-0.2, 0) is 0 Å². The fourth-order valence-corrected chi connectivity index (χ4v) is 3.52. The van der Waals surface area contributed by atoms with E-state index >= 15 is 0 Å². The molecule has 7 nitrogen and oxygen atoms in total. The highest BCUT2D eigenvalue weighted by molar-refractivity contribution is 5.99. The van der Waals surface area contributed by atoms with E-state index in [0.29, 0.717) is 24.8 Å². The topological polar surface area (TPSA) is 67.8 Å². The highest BCUT2D eigenvalue weighted by atomic mass is 16.5. The van der Waals surface area contributed by atoms with Gasteiger partial charge >= 0.3 is 6.03 Å². The van der Waals surface area contributed by atoms with Crippen LogP contribution in [0.3, 0.4) is 0 Å². The minimum atomic E-state index is -0.140. The zero-order chi connectivity index (χ0) is 20.8. The van der Waals surface area contributed by atoms with Gasteiger partial charge in [0.15, 0.2) is 0 Å². The molecule has 0 spiro atoms. The maximum Gasteiger partial charge on any atom is 0.329 e. The Kier molecular flexibility index (Phi) is 6.08. The average molecular weight is 404 g/mol. The number of rotatable bonds is 5. The zero-order valence-electron chi connectivity index (χ0n) is 16.8. The van der Waals surface area contributed by atoms with Gasteiger partial charge in [0.2, 0.25) is 11.8 Å². The highest BCUT2D eigenvalue weighted by Gasteiger charge is 2.30. The third-order valence-corrected chi connectivity index (χ3v) is 4.98. The third-order valence-electron chi connectivity index (χ3n) is 4.98. The summed E-state index contributed by atoms with van der Waals surface area (Å²) in [5.41, 5.74) is 1.66. The second-order valence-corrected chi connectivity index (χ2v) is 7.03. The summed E-state index contributed by atoms with van der Waals surface area (Å²) in [7, 11) is 1.54. The minimum Gasteiger partial charge on any atom is -0.480 e. The number of aromatic nitrogens is 2. The van der Waals surface area contributed by atoms with E-state index in [1.807, 2.05) is 65.6 Å². The van der Waals surface area contributed by atoms with E-state index in [2.05, 4.69) is 10.2 Å². The van der Waals surface area contributed by atoms with Crippen molar-refractivity contribution in [3.8, 4) is 11.8 Å². The van der Waals surface area contributed by atoms with E-state index in [0.717, 1.165) is 24.2 Å². The lowest BCUT2D eigenvalue weighted by molar-refractivity contribution is 0.0999. The van der Waals surface area contributed by atoms with E-state index in [-0.39, 0.29) is 12.1 Å². The number of amides is 2. The van der Waals surface area contributed by atoms with Gasteiger partial charge in [-0.05, 0) is 37.1 Å². The Morgan fingerprint density at radius 1 is 0.933 bits per heavy atom. The smallest absolute Gasteiger partial charge is 0.329 e. The molecule has 1 fully saturated rings. The molecule has 2 aromatic carbocycles. The van der Waals surface area contributed by atoms with E-state index < -0.39 is 0 Å². The molecule has 0 radical (unpaired) electrons. The van der Waals surface area contributed by atoms with Crippen molar-refractivity contribution in [1.29, 1.82) is 0 Å². The van der Waals surface area contributed by atoms with Crippen LogP contribution in [-0.4, -0.2) is 47.4 Å². The number of para-hydroxylation sites is 2. The maximum atomic E-state index is 13.5. The van der Waals surface area contributed by atoms with Crippen LogP contribution in [0, 0.1) is 0 Å². The number of hydrogen-bond acceptors (Lipinski definition) is 5. The molecule has 1 atom stereocenters. The molecule has 7 heteroatoms. The van der Waals surface area contributed by atoms with Crippen LogP contribution in [0.2, 0.25) is 0 Å². The highest BCUT2D eigenvalue weighted by Crippen LogP contribution is 2.28. The van der Waals surface area contributed by atoms with Crippen LogP contribution in [0.25, 0.3) is 0 Å². The Morgan fingerprint density at radius 2 is 1.53 bits per heavy atom. The Balaban J connectivity index is 1.51. The Bertz CT molecular complexity index is 912. The second-order valence-electron chi connectivity index (χ2n) is 7.03. The van der Waals surface area contributed by atoms with Crippen LogP contribution < -0.4 is 14.4 Å². The molecule has 1 aliphatic rings. The number of benzene rings is 2. The summed E-state index contributed by atoms with van der Waals surface area (Å²) in [5, 5.41) is 7.97. The third kappa shape index (κ3) is 4.51. The number of nitrogens with zero attached hydrogens (tertiary/aromatic N) is 4. The summed E-state index contributed by atoms with van der Waals surface area (Å²) in [6.07, 6.45) is 1.57. The second kappa shape index (κ2) is 9.26. The number of likely N-dealkylation sites (tertiary alicyclic amines) is 1. The molecule has 2 amide bonds. The average Bonchev–Trinajstić information content (AvgIpc) is 2.81. The lowest BCUT2D eigenvalue weighted by Gasteiger charge is -2.36. The molecule has 1 aromatic heterocycles. The summed E-state index contributed by atoms with van der Waals surface area (Å²) < 4.78 is 11.0. The van der Waals surface area contributed by atoms with Gasteiger partial charge in [0.25, 0.3) is 0 Å². The summed E-state index contributed by atoms with van der Waals surface area (Å²) in [4.78, 5) is 17.1. The number of hydrogen-bond donors (Lipinski definition) is 0. The number of carbonyl (C=O) groups is 1. The summed E-state index contributed by atoms with van der Waals surface area (Å²) in [6, 6.07) is 22.7. The molecule has 0 saturated carbocycles. The first-order valence-corrected chi connectivity index (χ1v) is 9.98. The number of anilines is 2. The van der Waals surface area contributed by atoms with Crippen LogP contribution in [0.1, 0.15) is 12.8 Å². The van der Waals surface area contributed by atoms with Gasteiger partial charge in [-0.15, -0.1) is 10.2 Å². The lowest BCUT2D eigenvalue weighted by atomic mass is 10.1. The minimum absolute atomic E-state index is 0.0680. The molecular formula is C23H24N4O3. The van der Waals surface area contributed by atoms with E-state index in [9.17, 15) is 4.79 Å². The summed E-state index contributed by atoms with van der Waals surface area (Å²) >= 11 is 0. The van der Waals surface area contributed by atoms with Gasteiger partial charge in [-0.1, -0.05) is 36.4 Å². The van der Waals surface area contributed by atoms with Crippen LogP contribution >= 0.6 is 0 Å². The SMILES string of the molecule is COc1ccc(OC2CCCN(C(=O)N(c3ccccc3)c3ccccc3)C2)nn1. The predicted octanol–water partition coefficient (Wildman–Crippen LogP) is 4.29. The van der Waals surface area contributed by atoms with Crippen molar-refractivity contribution >= 4 is 17.4 Å². The van der Waals surface area contributed by atoms with Crippen molar-refractivity contribution < 1.29 is 14.3 Å². The van der Waals surface area contributed by atoms with Crippen molar-refractivity contribution in [3.63, 3.8) is 0 Å². The largest absolute Gasteiger partial charge is 0.480 e. The monoisotopic (exact) mass is 404 g/mol. The molecule has 30 heavy (non-hydrogen) atoms. The van der Waals surface area contributed by atoms with E-state index in [1.165, 1.54) is 0 Å². The summed E-state index contributed by atoms with van der Waals surface area (Å²) in [6.45, 7) is 1.17. The Labute approximate surface area is 175 Å². The molecule has 0 bridgehead atoms. The van der Waals surface area contributed by atoms with Gasteiger partial charge < -0.3 is 14.4 Å². The van der Waals surface area contributed by atoms with E-state index in [1.54, 1.807) is 24.1 Å². The first-order valence-electron chi connectivity index (χ1n) is 9.98. The molecule has 1 saturated heterocycles. The number of ether oxygens (including phenoxy) is 2. The zero-order valence-corrected chi connectivity index (χ0v) is 16.8. The van der Waals surface area contributed by atoms with Crippen molar-refractivity contribution in [1.82, 2.24) is 15.1 Å². The van der Waals surface area contributed by atoms with Gasteiger partial charge in [-0.25, -0.2) is 4.79 Å². The molecule has 0 aliphatic carbocycles. The van der Waals surface area contributed by atoms with Crippen molar-refractivity contribution in [3.05, 3.63) is 72.8 Å². The van der Waals surface area contributed by atoms with Crippen molar-refractivity contribution in [2.75, 3.05) is 25.1 Å². The lowest BCUT2D eigenvalue weighted by Crippen LogP contribution is -2.49. The first kappa shape index (κ1) is 19.7. The van der Waals surface area contributed by atoms with E-state index in [4.69, 9.17) is 9.47 Å². The van der Waals surface area contributed by atoms with Gasteiger partial charge in [-0.3, -0.25) is 4.90 Å². The van der Waals surface area contributed by atoms with Crippen LogP contribution in [0.5, 0.6) is 11.8 Å². The molecule has 1 unspecified atom stereocenters. The fraction of sp³-hybridized carbons (Fsp3) is 0.261. The molecule has 1 aliphatic heterocycles. The van der Waals surface area contributed by atoms with Gasteiger partial charge in [0, 0.05) is 18.7 Å². The normalized spacial score (nSPS) is 16.0. The Morgan fingerprint density at radius 3 is 2.10 bits per heavy atom. The van der Waals surface area contributed by atoms with Crippen molar-refractivity contribution in [2.24, 2.45) is 0 Å². The molecule has 154 valence electrons.